The van der Waals surface area contributed by atoms with Crippen LogP contribution in [-0.2, 0) is 4.79 Å². The first-order valence-electron chi connectivity index (χ1n) is 26.6. The van der Waals surface area contributed by atoms with Crippen molar-refractivity contribution in [1.29, 1.82) is 0 Å². The van der Waals surface area contributed by atoms with Crippen molar-refractivity contribution in [2.45, 2.75) is 89.6 Å². The molecule has 0 unspecified atom stereocenters. The van der Waals surface area contributed by atoms with Gasteiger partial charge in [-0.3, -0.25) is 24.8 Å². The van der Waals surface area contributed by atoms with Crippen LogP contribution in [0.5, 0.6) is 11.8 Å². The molecule has 2 aliphatic carbocycles. The molecular weight excluding hydrogens is 980 g/mol. The number of terminal acetylenes is 1. The fourth-order valence-corrected chi connectivity index (χ4v) is 12.7. The molecule has 3 N–H and O–H groups in total. The minimum Gasteiger partial charge on any atom is -0.508 e. The SMILES string of the molecule is C#Cc1c(F)ccc2cc(O)cc(-c3ncc4c(N5CCC[C@@](C)(O)C5)nc(OCC5(CN6CCN(CCC7CCC8(CC7)CCN(C(=O)c7ccc(Cl)c(N9CCC(=O)NC9=O)c7)CC8)CC6)CC5)nc4c3F)c12. The molecule has 75 heavy (non-hydrogen) atoms. The number of likely N-dealkylation sites (tertiary alicyclic amines) is 1. The van der Waals surface area contributed by atoms with E-state index in [4.69, 9.17) is 27.7 Å². The maximum atomic E-state index is 17.1. The van der Waals surface area contributed by atoms with Crippen LogP contribution in [0.25, 0.3) is 32.9 Å². The van der Waals surface area contributed by atoms with Crippen LogP contribution in [0.4, 0.5) is 25.1 Å². The number of nitrogens with one attached hydrogen (secondary N) is 1. The highest BCUT2D eigenvalue weighted by Crippen LogP contribution is 2.49. The lowest BCUT2D eigenvalue weighted by Crippen LogP contribution is -2.49. The predicted molar refractivity (Wildman–Crippen MR) is 283 cm³/mol. The third kappa shape index (κ3) is 10.6. The van der Waals surface area contributed by atoms with Gasteiger partial charge in [-0.15, -0.1) is 6.42 Å². The van der Waals surface area contributed by atoms with Crippen LogP contribution in [0, 0.1) is 40.7 Å². The maximum absolute atomic E-state index is 17.1. The molecule has 1 atom stereocenters. The number of imide groups is 1. The van der Waals surface area contributed by atoms with Gasteiger partial charge in [0.2, 0.25) is 5.91 Å². The number of piperazine rings is 1. The number of hydrogen-bond acceptors (Lipinski definition) is 12. The molecule has 4 amide bonds. The lowest BCUT2D eigenvalue weighted by molar-refractivity contribution is -0.120. The number of halogens is 3. The van der Waals surface area contributed by atoms with Gasteiger partial charge in [-0.25, -0.2) is 13.6 Å². The summed E-state index contributed by atoms with van der Waals surface area (Å²) >= 11 is 6.46. The summed E-state index contributed by atoms with van der Waals surface area (Å²) in [6, 6.07) is 10.0. The van der Waals surface area contributed by atoms with E-state index in [2.05, 4.69) is 31.0 Å². The molecule has 18 heteroatoms. The third-order valence-electron chi connectivity index (χ3n) is 17.2. The zero-order valence-corrected chi connectivity index (χ0v) is 43.2. The Kier molecular flexibility index (Phi) is 13.9. The zero-order chi connectivity index (χ0) is 52.2. The van der Waals surface area contributed by atoms with Crippen molar-refractivity contribution < 1.29 is 38.1 Å². The standard InChI is InChI=1S/C57H64ClF2N9O6/c1-3-40-44(59)8-6-37-29-39(70)31-41(47(37)40)49-48(60)50-42(32-61-49)51(68-20-4-13-55(2,74)33-68)64-53(63-50)75-35-57(16-17-57)34-66-27-25-65(26-28-66)21-11-36-9-14-56(15-10-36)18-23-67(24-19-56)52(72)38-5-7-43(58)45(30-38)69-22-12-46(71)62-54(69)73/h1,5-8,29-32,36,70,74H,4,9-28,33-35H2,2H3,(H,62,71,73)/t55-/m1/s1. The lowest BCUT2D eigenvalue weighted by atomic mass is 9.65. The summed E-state index contributed by atoms with van der Waals surface area (Å²) < 4.78 is 38.6. The van der Waals surface area contributed by atoms with Gasteiger partial charge in [-0.05, 0) is 137 Å². The average Bonchev–Trinajstić information content (AvgIpc) is 4.17. The number of aromatic nitrogens is 3. The van der Waals surface area contributed by atoms with Crippen LogP contribution in [0.1, 0.15) is 99.9 Å². The second kappa shape index (κ2) is 20.4. The summed E-state index contributed by atoms with van der Waals surface area (Å²) in [6.45, 7) is 10.6. The van der Waals surface area contributed by atoms with Crippen LogP contribution in [-0.4, -0.2) is 142 Å². The maximum Gasteiger partial charge on any atom is 0.328 e. The lowest BCUT2D eigenvalue weighted by Gasteiger charge is -2.46. The van der Waals surface area contributed by atoms with Gasteiger partial charge in [0.05, 0.1) is 33.9 Å². The number of phenols is 1. The molecule has 394 valence electrons. The fourth-order valence-electron chi connectivity index (χ4n) is 12.5. The molecule has 4 saturated heterocycles. The second-order valence-corrected chi connectivity index (χ2v) is 23.0. The van der Waals surface area contributed by atoms with Crippen molar-refractivity contribution in [3.8, 4) is 35.4 Å². The minimum absolute atomic E-state index is 0.0245. The summed E-state index contributed by atoms with van der Waals surface area (Å²) in [5, 5.41) is 25.5. The predicted octanol–water partition coefficient (Wildman–Crippen LogP) is 8.54. The topological polar surface area (TPSA) is 168 Å². The van der Waals surface area contributed by atoms with Gasteiger partial charge in [0.25, 0.3) is 5.91 Å². The van der Waals surface area contributed by atoms with Gasteiger partial charge in [0.1, 0.15) is 28.6 Å². The molecule has 5 aromatic rings. The van der Waals surface area contributed by atoms with E-state index in [1.165, 1.54) is 67.5 Å². The number of β-amino-alcohol motifs (C(OH)–C–C–N with tert-alkyl or cyclic N) is 1. The number of hydrogen-bond donors (Lipinski definition) is 3. The van der Waals surface area contributed by atoms with Crippen LogP contribution >= 0.6 is 11.6 Å². The van der Waals surface area contributed by atoms with E-state index in [0.29, 0.717) is 77.9 Å². The van der Waals surface area contributed by atoms with E-state index in [0.717, 1.165) is 65.0 Å². The van der Waals surface area contributed by atoms with Gasteiger partial charge in [-0.1, -0.05) is 23.6 Å². The number of carbonyl (C=O) groups excluding carboxylic acids is 3. The van der Waals surface area contributed by atoms with Crippen molar-refractivity contribution >= 4 is 62.6 Å². The number of amides is 4. The quantitative estimate of drug-likeness (QED) is 0.102. The molecule has 11 rings (SSSR count). The zero-order valence-electron chi connectivity index (χ0n) is 42.5. The Labute approximate surface area is 440 Å². The number of pyridine rings is 1. The van der Waals surface area contributed by atoms with Crippen molar-refractivity contribution in [3.05, 3.63) is 76.4 Å². The number of phenolic OH excluding ortho intramolecular Hbond substituents is 1. The number of piperidine rings is 2. The Morgan fingerprint density at radius 2 is 1.69 bits per heavy atom. The fraction of sp³-hybridized carbons (Fsp3) is 0.509. The number of benzene rings is 3. The second-order valence-electron chi connectivity index (χ2n) is 22.5. The summed E-state index contributed by atoms with van der Waals surface area (Å²) in [5.41, 5.74) is 0.0146. The number of ether oxygens (including phenoxy) is 1. The van der Waals surface area contributed by atoms with Crippen molar-refractivity contribution in [3.63, 3.8) is 0 Å². The first kappa shape index (κ1) is 50.9. The van der Waals surface area contributed by atoms with E-state index < -0.39 is 23.3 Å². The first-order valence-corrected chi connectivity index (χ1v) is 27.0. The molecule has 1 spiro atoms. The molecule has 15 nitrogen and oxygen atoms in total. The molecular formula is C57H64ClF2N9O6. The van der Waals surface area contributed by atoms with Crippen LogP contribution in [0.15, 0.2) is 48.7 Å². The molecule has 0 radical (unpaired) electrons. The minimum atomic E-state index is -0.985. The van der Waals surface area contributed by atoms with Crippen molar-refractivity contribution in [2.75, 3.05) is 88.4 Å². The number of rotatable bonds is 12. The van der Waals surface area contributed by atoms with Crippen LogP contribution in [0.3, 0.4) is 0 Å². The Morgan fingerprint density at radius 1 is 0.933 bits per heavy atom. The summed E-state index contributed by atoms with van der Waals surface area (Å²) in [7, 11) is 0. The Hall–Kier alpha value is -6.19. The number of aliphatic hydroxyl groups is 1. The van der Waals surface area contributed by atoms with Gasteiger partial charge >= 0.3 is 12.0 Å². The normalized spacial score (nSPS) is 22.4. The molecule has 6 aliphatic rings. The monoisotopic (exact) mass is 1040 g/mol. The van der Waals surface area contributed by atoms with E-state index >= 15 is 8.78 Å². The third-order valence-corrected chi connectivity index (χ3v) is 17.5. The van der Waals surface area contributed by atoms with Crippen molar-refractivity contribution in [2.24, 2.45) is 16.7 Å². The van der Waals surface area contributed by atoms with Crippen molar-refractivity contribution in [1.82, 2.24) is 35.0 Å². The van der Waals surface area contributed by atoms with Gasteiger partial charge in [0.15, 0.2) is 5.82 Å². The van der Waals surface area contributed by atoms with Crippen LogP contribution in [0.2, 0.25) is 5.02 Å². The number of anilines is 2. The summed E-state index contributed by atoms with van der Waals surface area (Å²) in [6.07, 6.45) is 18.7. The van der Waals surface area contributed by atoms with E-state index in [1.54, 1.807) is 25.1 Å². The Bertz CT molecular complexity index is 3100. The highest BCUT2D eigenvalue weighted by atomic mass is 35.5. The first-order chi connectivity index (χ1) is 36.1. The Balaban J connectivity index is 0.679. The van der Waals surface area contributed by atoms with E-state index in [-0.39, 0.29) is 81.6 Å². The van der Waals surface area contributed by atoms with Gasteiger partial charge in [0, 0.05) is 100.0 Å². The number of nitrogens with zero attached hydrogens (tertiary/aromatic N) is 8. The average molecular weight is 1040 g/mol. The molecule has 0 bridgehead atoms. The largest absolute Gasteiger partial charge is 0.508 e. The number of fused-ring (bicyclic) bond motifs is 2. The molecule has 2 saturated carbocycles. The van der Waals surface area contributed by atoms with E-state index in [9.17, 15) is 24.6 Å². The Morgan fingerprint density at radius 3 is 2.41 bits per heavy atom. The smallest absolute Gasteiger partial charge is 0.328 e. The number of aromatic hydroxyl groups is 1. The molecule has 4 aliphatic heterocycles. The van der Waals surface area contributed by atoms with Crippen LogP contribution < -0.4 is 19.9 Å². The summed E-state index contributed by atoms with van der Waals surface area (Å²) in [5.74, 6) is 1.52. The number of urea groups is 1. The summed E-state index contributed by atoms with van der Waals surface area (Å²) in [4.78, 5) is 62.3. The molecule has 3 aromatic carbocycles. The molecule has 6 fully saturated rings. The highest BCUT2D eigenvalue weighted by Gasteiger charge is 2.46. The molecule has 6 heterocycles. The van der Waals surface area contributed by atoms with E-state index in [1.807, 2.05) is 9.80 Å². The molecule has 2 aromatic heterocycles. The highest BCUT2D eigenvalue weighted by molar-refractivity contribution is 6.34. The van der Waals surface area contributed by atoms with Gasteiger partial charge < -0.3 is 34.5 Å². The number of carbonyl (C=O) groups is 3. The van der Waals surface area contributed by atoms with Gasteiger partial charge in [-0.2, -0.15) is 9.97 Å².